The van der Waals surface area contributed by atoms with Crippen LogP contribution >= 0.6 is 0 Å². The SMILES string of the molecule is COc1cc2cc(C)[n+](-c3nn[nH]n3)c(-c3ccc([N+](=O)[O-])cc3)c2cc1OC. The van der Waals surface area contributed by atoms with Gasteiger partial charge in [0.25, 0.3) is 5.69 Å². The molecule has 2 aromatic heterocycles. The number of nitrogens with one attached hydrogen (secondary N) is 1. The van der Waals surface area contributed by atoms with E-state index < -0.39 is 4.92 Å². The molecule has 10 nitrogen and oxygen atoms in total. The molecule has 0 radical (unpaired) electrons. The molecule has 0 fully saturated rings. The Kier molecular flexibility index (Phi) is 4.51. The van der Waals surface area contributed by atoms with Gasteiger partial charge in [-0.15, -0.1) is 0 Å². The van der Waals surface area contributed by atoms with E-state index in [1.807, 2.05) is 29.7 Å². The molecule has 146 valence electrons. The highest BCUT2D eigenvalue weighted by atomic mass is 16.6. The Hall–Kier alpha value is -4.08. The van der Waals surface area contributed by atoms with Crippen molar-refractivity contribution < 1.29 is 19.0 Å². The van der Waals surface area contributed by atoms with Crippen LogP contribution < -0.4 is 14.0 Å². The fourth-order valence-electron chi connectivity index (χ4n) is 3.34. The largest absolute Gasteiger partial charge is 0.493 e. The minimum Gasteiger partial charge on any atom is -0.493 e. The number of hydrogen-bond acceptors (Lipinski definition) is 7. The molecule has 2 aromatic carbocycles. The van der Waals surface area contributed by atoms with Crippen molar-refractivity contribution in [2.24, 2.45) is 0 Å². The minimum absolute atomic E-state index is 0.0102. The number of non-ortho nitro benzene ring substituents is 1. The number of methoxy groups -OCH3 is 2. The maximum Gasteiger partial charge on any atom is 0.483 e. The van der Waals surface area contributed by atoms with E-state index >= 15 is 0 Å². The number of H-pyrrole nitrogens is 1. The van der Waals surface area contributed by atoms with Crippen molar-refractivity contribution in [3.8, 4) is 28.7 Å². The van der Waals surface area contributed by atoms with Crippen LogP contribution in [0.2, 0.25) is 0 Å². The summed E-state index contributed by atoms with van der Waals surface area (Å²) >= 11 is 0. The van der Waals surface area contributed by atoms with Crippen molar-refractivity contribution in [1.29, 1.82) is 0 Å². The second-order valence-corrected chi connectivity index (χ2v) is 6.28. The molecule has 0 saturated heterocycles. The van der Waals surface area contributed by atoms with E-state index in [0.717, 1.165) is 27.7 Å². The fraction of sp³-hybridized carbons (Fsp3) is 0.158. The predicted molar refractivity (Wildman–Crippen MR) is 103 cm³/mol. The molecule has 0 saturated carbocycles. The molecule has 0 aliphatic rings. The van der Waals surface area contributed by atoms with E-state index in [9.17, 15) is 10.1 Å². The van der Waals surface area contributed by atoms with Crippen LogP contribution in [0.4, 0.5) is 5.69 Å². The van der Waals surface area contributed by atoms with Crippen molar-refractivity contribution in [2.45, 2.75) is 6.92 Å². The van der Waals surface area contributed by atoms with Crippen molar-refractivity contribution in [3.63, 3.8) is 0 Å². The molecular formula is C19H17N6O4+. The van der Waals surface area contributed by atoms with E-state index in [2.05, 4.69) is 20.6 Å². The van der Waals surface area contributed by atoms with Crippen LogP contribution in [-0.4, -0.2) is 39.8 Å². The van der Waals surface area contributed by atoms with Gasteiger partial charge in [-0.1, -0.05) is 5.21 Å². The number of nitro benzene ring substituents is 1. The normalized spacial score (nSPS) is 10.9. The zero-order chi connectivity index (χ0) is 20.5. The zero-order valence-corrected chi connectivity index (χ0v) is 15.9. The molecule has 29 heavy (non-hydrogen) atoms. The van der Waals surface area contributed by atoms with Gasteiger partial charge in [-0.25, -0.2) is 0 Å². The number of ether oxygens (including phenoxy) is 2. The topological polar surface area (TPSA) is 120 Å². The average Bonchev–Trinajstić information content (AvgIpc) is 3.26. The Morgan fingerprint density at radius 3 is 2.34 bits per heavy atom. The smallest absolute Gasteiger partial charge is 0.483 e. The molecule has 0 aliphatic heterocycles. The molecule has 0 spiro atoms. The number of aromatic nitrogens is 5. The summed E-state index contributed by atoms with van der Waals surface area (Å²) in [5.41, 5.74) is 2.36. The first-order chi connectivity index (χ1) is 14.0. The van der Waals surface area contributed by atoms with Gasteiger partial charge in [-0.3, -0.25) is 10.1 Å². The third-order valence-corrected chi connectivity index (χ3v) is 4.64. The Labute approximate surface area is 164 Å². The van der Waals surface area contributed by atoms with E-state index in [1.165, 1.54) is 12.1 Å². The third kappa shape index (κ3) is 3.10. The van der Waals surface area contributed by atoms with Gasteiger partial charge in [0.15, 0.2) is 11.5 Å². The summed E-state index contributed by atoms with van der Waals surface area (Å²) in [6.45, 7) is 1.92. The van der Waals surface area contributed by atoms with Gasteiger partial charge in [0.2, 0.25) is 0 Å². The molecule has 4 rings (SSSR count). The maximum atomic E-state index is 11.1. The van der Waals surface area contributed by atoms with Crippen LogP contribution in [0.3, 0.4) is 0 Å². The Morgan fingerprint density at radius 2 is 1.76 bits per heavy atom. The number of nitrogens with zero attached hydrogens (tertiary/aromatic N) is 5. The van der Waals surface area contributed by atoms with E-state index in [4.69, 9.17) is 9.47 Å². The van der Waals surface area contributed by atoms with Crippen molar-refractivity contribution in [3.05, 3.63) is 58.3 Å². The number of hydrogen-bond donors (Lipinski definition) is 1. The fourth-order valence-corrected chi connectivity index (χ4v) is 3.34. The van der Waals surface area contributed by atoms with Gasteiger partial charge in [-0.05, 0) is 42.6 Å². The summed E-state index contributed by atoms with van der Waals surface area (Å²) in [5.74, 6) is 1.52. The lowest BCUT2D eigenvalue weighted by molar-refractivity contribution is -0.597. The summed E-state index contributed by atoms with van der Waals surface area (Å²) in [6, 6.07) is 12.0. The van der Waals surface area contributed by atoms with Gasteiger partial charge in [0.1, 0.15) is 5.69 Å². The number of rotatable bonds is 5. The van der Waals surface area contributed by atoms with E-state index in [1.54, 1.807) is 26.4 Å². The molecule has 4 aromatic rings. The van der Waals surface area contributed by atoms with Gasteiger partial charge in [-0.2, -0.15) is 4.57 Å². The summed E-state index contributed by atoms with van der Waals surface area (Å²) in [5, 5.41) is 27.2. The molecule has 0 atom stereocenters. The number of pyridine rings is 1. The van der Waals surface area contributed by atoms with Gasteiger partial charge < -0.3 is 9.47 Å². The van der Waals surface area contributed by atoms with Crippen molar-refractivity contribution >= 4 is 16.5 Å². The van der Waals surface area contributed by atoms with Crippen LogP contribution in [0.1, 0.15) is 5.69 Å². The number of fused-ring (bicyclic) bond motifs is 1. The summed E-state index contributed by atoms with van der Waals surface area (Å²) in [6.07, 6.45) is 0. The summed E-state index contributed by atoms with van der Waals surface area (Å²) in [7, 11) is 3.15. The highest BCUT2D eigenvalue weighted by Gasteiger charge is 2.25. The van der Waals surface area contributed by atoms with Crippen molar-refractivity contribution in [1.82, 2.24) is 20.6 Å². The molecule has 0 bridgehead atoms. The second-order valence-electron chi connectivity index (χ2n) is 6.28. The number of nitro groups is 1. The molecule has 1 N–H and O–H groups in total. The van der Waals surface area contributed by atoms with Gasteiger partial charge >= 0.3 is 5.95 Å². The standard InChI is InChI=1S/C19H17N6O4/c1-11-8-13-9-16(28-2)17(29-3)10-15(13)18(24(11)19-20-22-23-21-19)12-4-6-14(7-5-12)25(26)27/h4-10H,1-3H3,(H,20,21,22,23)/q+1. The molecule has 0 amide bonds. The first-order valence-electron chi connectivity index (χ1n) is 8.63. The van der Waals surface area contributed by atoms with Crippen molar-refractivity contribution in [2.75, 3.05) is 14.2 Å². The summed E-state index contributed by atoms with van der Waals surface area (Å²) in [4.78, 5) is 10.6. The number of tetrazole rings is 1. The lowest BCUT2D eigenvalue weighted by atomic mass is 10.0. The Morgan fingerprint density at radius 1 is 1.07 bits per heavy atom. The van der Waals surface area contributed by atoms with Crippen LogP contribution in [0.5, 0.6) is 11.5 Å². The first-order valence-corrected chi connectivity index (χ1v) is 8.63. The molecule has 0 unspecified atom stereocenters. The molecule has 2 heterocycles. The third-order valence-electron chi connectivity index (χ3n) is 4.64. The Bertz CT molecular complexity index is 1210. The quantitative estimate of drug-likeness (QED) is 0.314. The number of benzene rings is 2. The second kappa shape index (κ2) is 7.15. The van der Waals surface area contributed by atoms with Crippen LogP contribution in [0, 0.1) is 17.0 Å². The highest BCUT2D eigenvalue weighted by Crippen LogP contribution is 2.36. The molecule has 10 heteroatoms. The van der Waals surface area contributed by atoms with Crippen LogP contribution in [-0.2, 0) is 0 Å². The Balaban J connectivity index is 2.09. The average molecular weight is 393 g/mol. The first kappa shape index (κ1) is 18.3. The molecule has 0 aliphatic carbocycles. The van der Waals surface area contributed by atoms with Gasteiger partial charge in [0.05, 0.1) is 29.9 Å². The van der Waals surface area contributed by atoms with E-state index in [0.29, 0.717) is 17.4 Å². The maximum absolute atomic E-state index is 11.1. The number of aromatic amines is 1. The lowest BCUT2D eigenvalue weighted by Crippen LogP contribution is -2.38. The van der Waals surface area contributed by atoms with Crippen LogP contribution in [0.25, 0.3) is 28.0 Å². The lowest BCUT2D eigenvalue weighted by Gasteiger charge is -2.15. The van der Waals surface area contributed by atoms with Gasteiger partial charge in [0, 0.05) is 33.4 Å². The summed E-state index contributed by atoms with van der Waals surface area (Å²) < 4.78 is 12.7. The zero-order valence-electron chi connectivity index (χ0n) is 15.9. The van der Waals surface area contributed by atoms with E-state index in [-0.39, 0.29) is 5.69 Å². The number of aryl methyl sites for hydroxylation is 1. The predicted octanol–water partition coefficient (Wildman–Crippen LogP) is 2.53. The molecular weight excluding hydrogens is 376 g/mol. The monoisotopic (exact) mass is 393 g/mol. The highest BCUT2D eigenvalue weighted by molar-refractivity contribution is 5.95. The minimum atomic E-state index is -0.431. The van der Waals surface area contributed by atoms with Crippen LogP contribution in [0.15, 0.2) is 42.5 Å².